The van der Waals surface area contributed by atoms with E-state index in [9.17, 15) is 23.3 Å². The number of anilines is 1. The lowest BCUT2D eigenvalue weighted by molar-refractivity contribution is -0.385. The summed E-state index contributed by atoms with van der Waals surface area (Å²) in [5, 5.41) is 13.6. The Morgan fingerprint density at radius 1 is 1.23 bits per heavy atom. The number of morpholine rings is 1. The van der Waals surface area contributed by atoms with Gasteiger partial charge < -0.3 is 14.8 Å². The first-order valence-corrected chi connectivity index (χ1v) is 10.6. The molecule has 0 radical (unpaired) electrons. The van der Waals surface area contributed by atoms with Crippen molar-refractivity contribution in [2.24, 2.45) is 0 Å². The van der Waals surface area contributed by atoms with Crippen LogP contribution in [0.1, 0.15) is 5.56 Å². The minimum absolute atomic E-state index is 0.0304. The van der Waals surface area contributed by atoms with Gasteiger partial charge in [-0.25, -0.2) is 8.42 Å². The molecule has 2 aromatic carbocycles. The van der Waals surface area contributed by atoms with E-state index in [4.69, 9.17) is 9.47 Å². The topological polar surface area (TPSA) is 128 Å². The molecule has 30 heavy (non-hydrogen) atoms. The third kappa shape index (κ3) is 4.93. The molecule has 1 heterocycles. The van der Waals surface area contributed by atoms with Crippen LogP contribution in [0, 0.1) is 17.0 Å². The Hall–Kier alpha value is -3.02. The zero-order valence-electron chi connectivity index (χ0n) is 16.2. The molecule has 1 saturated heterocycles. The van der Waals surface area contributed by atoms with Crippen LogP contribution < -0.4 is 10.1 Å². The van der Waals surface area contributed by atoms with Gasteiger partial charge in [-0.1, -0.05) is 18.2 Å². The molecule has 10 nitrogen and oxygen atoms in total. The van der Waals surface area contributed by atoms with Crippen molar-refractivity contribution in [1.29, 1.82) is 0 Å². The average Bonchev–Trinajstić information content (AvgIpc) is 2.74. The van der Waals surface area contributed by atoms with Crippen LogP contribution in [0.5, 0.6) is 5.75 Å². The average molecular weight is 435 g/mol. The molecule has 0 unspecified atom stereocenters. The maximum atomic E-state index is 12.9. The Labute approximate surface area is 173 Å². The van der Waals surface area contributed by atoms with E-state index in [1.165, 1.54) is 28.6 Å². The number of carbonyl (C=O) groups excluding carboxylic acids is 1. The Balaban J connectivity index is 1.71. The van der Waals surface area contributed by atoms with Crippen molar-refractivity contribution in [1.82, 2.24) is 4.31 Å². The number of sulfonamides is 1. The molecule has 0 aliphatic carbocycles. The SMILES string of the molecule is Cc1ccc(NC(=O)COc2ccccc2[N+](=O)[O-])cc1S(=O)(=O)N1CCOCC1. The minimum atomic E-state index is -3.73. The molecule has 0 atom stereocenters. The molecule has 1 N–H and O–H groups in total. The van der Waals surface area contributed by atoms with Crippen LogP contribution in [-0.2, 0) is 19.6 Å². The summed E-state index contributed by atoms with van der Waals surface area (Å²) in [6.45, 7) is 2.40. The largest absolute Gasteiger partial charge is 0.477 e. The second-order valence-corrected chi connectivity index (χ2v) is 8.46. The highest BCUT2D eigenvalue weighted by Gasteiger charge is 2.28. The summed E-state index contributed by atoms with van der Waals surface area (Å²) < 4.78 is 37.7. The summed E-state index contributed by atoms with van der Waals surface area (Å²) in [5.74, 6) is -0.608. The molecule has 1 aliphatic rings. The van der Waals surface area contributed by atoms with Gasteiger partial charge in [0.15, 0.2) is 12.4 Å². The van der Waals surface area contributed by atoms with Crippen LogP contribution in [0.25, 0.3) is 0 Å². The normalized spacial score (nSPS) is 14.8. The lowest BCUT2D eigenvalue weighted by Crippen LogP contribution is -2.40. The third-order valence-corrected chi connectivity index (χ3v) is 6.52. The summed E-state index contributed by atoms with van der Waals surface area (Å²) >= 11 is 0. The number of rotatable bonds is 7. The van der Waals surface area contributed by atoms with E-state index in [-0.39, 0.29) is 35.1 Å². The van der Waals surface area contributed by atoms with Gasteiger partial charge in [-0.3, -0.25) is 14.9 Å². The Kier molecular flexibility index (Phi) is 6.65. The predicted octanol–water partition coefficient (Wildman–Crippen LogP) is 1.94. The Bertz CT molecular complexity index is 1050. The quantitative estimate of drug-likeness (QED) is 0.520. The van der Waals surface area contributed by atoms with Crippen molar-refractivity contribution >= 4 is 27.3 Å². The number of aryl methyl sites for hydroxylation is 1. The standard InChI is InChI=1S/C19H21N3O7S/c1-14-6-7-15(12-18(14)30(26,27)21-8-10-28-11-9-21)20-19(23)13-29-17-5-3-2-4-16(17)22(24)25/h2-7,12H,8-11,13H2,1H3,(H,20,23). The van der Waals surface area contributed by atoms with E-state index < -0.39 is 27.5 Å². The van der Waals surface area contributed by atoms with Gasteiger partial charge >= 0.3 is 5.69 Å². The number of ether oxygens (including phenoxy) is 2. The zero-order valence-corrected chi connectivity index (χ0v) is 17.1. The molecule has 2 aromatic rings. The molecular formula is C19H21N3O7S. The summed E-state index contributed by atoms with van der Waals surface area (Å²) in [6, 6.07) is 10.3. The second kappa shape index (κ2) is 9.20. The van der Waals surface area contributed by atoms with E-state index in [0.717, 1.165) is 0 Å². The van der Waals surface area contributed by atoms with Crippen molar-refractivity contribution in [2.75, 3.05) is 38.2 Å². The van der Waals surface area contributed by atoms with Crippen LogP contribution in [-0.4, -0.2) is 56.5 Å². The van der Waals surface area contributed by atoms with Gasteiger partial charge in [-0.2, -0.15) is 4.31 Å². The van der Waals surface area contributed by atoms with E-state index in [0.29, 0.717) is 18.8 Å². The van der Waals surface area contributed by atoms with Gasteiger partial charge in [-0.15, -0.1) is 0 Å². The van der Waals surface area contributed by atoms with E-state index in [1.54, 1.807) is 25.1 Å². The Morgan fingerprint density at radius 2 is 1.93 bits per heavy atom. The number of nitro benzene ring substituents is 1. The van der Waals surface area contributed by atoms with Crippen LogP contribution in [0.15, 0.2) is 47.4 Å². The van der Waals surface area contributed by atoms with Crippen LogP contribution >= 0.6 is 0 Å². The fourth-order valence-corrected chi connectivity index (χ4v) is 4.61. The van der Waals surface area contributed by atoms with Crippen LogP contribution in [0.4, 0.5) is 11.4 Å². The smallest absolute Gasteiger partial charge is 0.310 e. The van der Waals surface area contributed by atoms with Gasteiger partial charge in [0.25, 0.3) is 5.91 Å². The maximum Gasteiger partial charge on any atom is 0.310 e. The second-order valence-electron chi connectivity index (χ2n) is 6.56. The summed E-state index contributed by atoms with van der Waals surface area (Å²) in [6.07, 6.45) is 0. The number of benzene rings is 2. The highest BCUT2D eigenvalue weighted by molar-refractivity contribution is 7.89. The fraction of sp³-hybridized carbons (Fsp3) is 0.316. The molecule has 1 fully saturated rings. The first-order valence-electron chi connectivity index (χ1n) is 9.13. The van der Waals surface area contributed by atoms with E-state index in [2.05, 4.69) is 5.32 Å². The number of para-hydroxylation sites is 2. The number of carbonyl (C=O) groups is 1. The molecule has 1 aliphatic heterocycles. The Morgan fingerprint density at radius 3 is 2.63 bits per heavy atom. The highest BCUT2D eigenvalue weighted by atomic mass is 32.2. The van der Waals surface area contributed by atoms with Crippen molar-refractivity contribution in [3.05, 3.63) is 58.1 Å². The number of hydrogen-bond donors (Lipinski definition) is 1. The number of hydrogen-bond acceptors (Lipinski definition) is 7. The number of nitrogens with zero attached hydrogens (tertiary/aromatic N) is 2. The summed E-state index contributed by atoms with van der Waals surface area (Å²) in [5.41, 5.74) is 0.582. The molecule has 11 heteroatoms. The molecular weight excluding hydrogens is 414 g/mol. The summed E-state index contributed by atoms with van der Waals surface area (Å²) in [7, 11) is -3.73. The van der Waals surface area contributed by atoms with Crippen molar-refractivity contribution < 1.29 is 27.6 Å². The number of nitro groups is 1. The first-order chi connectivity index (χ1) is 14.3. The molecule has 3 rings (SSSR count). The lowest BCUT2D eigenvalue weighted by Gasteiger charge is -2.26. The van der Waals surface area contributed by atoms with Gasteiger partial charge in [0.2, 0.25) is 10.0 Å². The molecule has 160 valence electrons. The summed E-state index contributed by atoms with van der Waals surface area (Å²) in [4.78, 5) is 22.7. The molecule has 0 bridgehead atoms. The van der Waals surface area contributed by atoms with Crippen LogP contribution in [0.2, 0.25) is 0 Å². The lowest BCUT2D eigenvalue weighted by atomic mass is 10.2. The fourth-order valence-electron chi connectivity index (χ4n) is 2.95. The molecule has 0 spiro atoms. The number of amides is 1. The third-order valence-electron chi connectivity index (χ3n) is 4.48. The van der Waals surface area contributed by atoms with Crippen molar-refractivity contribution in [3.63, 3.8) is 0 Å². The van der Waals surface area contributed by atoms with Gasteiger partial charge in [0, 0.05) is 24.8 Å². The maximum absolute atomic E-state index is 12.9. The van der Waals surface area contributed by atoms with Gasteiger partial charge in [0.05, 0.1) is 23.0 Å². The first kappa shape index (κ1) is 21.7. The molecule has 0 saturated carbocycles. The van der Waals surface area contributed by atoms with E-state index in [1.807, 2.05) is 0 Å². The van der Waals surface area contributed by atoms with E-state index >= 15 is 0 Å². The van der Waals surface area contributed by atoms with Gasteiger partial charge in [-0.05, 0) is 30.7 Å². The number of nitrogens with one attached hydrogen (secondary N) is 1. The van der Waals surface area contributed by atoms with Gasteiger partial charge in [0.1, 0.15) is 0 Å². The zero-order chi connectivity index (χ0) is 21.7. The minimum Gasteiger partial charge on any atom is -0.477 e. The molecule has 0 aromatic heterocycles. The predicted molar refractivity (Wildman–Crippen MR) is 108 cm³/mol. The van der Waals surface area contributed by atoms with Crippen molar-refractivity contribution in [3.8, 4) is 5.75 Å². The monoisotopic (exact) mass is 435 g/mol. The highest BCUT2D eigenvalue weighted by Crippen LogP contribution is 2.26. The van der Waals surface area contributed by atoms with Crippen molar-refractivity contribution in [2.45, 2.75) is 11.8 Å². The molecule has 1 amide bonds. The van der Waals surface area contributed by atoms with Crippen LogP contribution in [0.3, 0.4) is 0 Å².